The molecule has 0 radical (unpaired) electrons. The van der Waals surface area contributed by atoms with Gasteiger partial charge in [-0.05, 0) is 92.7 Å². The lowest BCUT2D eigenvalue weighted by molar-refractivity contribution is -0.118. The van der Waals surface area contributed by atoms with E-state index in [0.29, 0.717) is 23.8 Å². The fraction of sp³-hybridized carbons (Fsp3) is 0.387. The summed E-state index contributed by atoms with van der Waals surface area (Å²) in [5.74, 6) is -2.79. The van der Waals surface area contributed by atoms with Crippen LogP contribution in [-0.4, -0.2) is 37.0 Å². The van der Waals surface area contributed by atoms with Crippen LogP contribution in [0.15, 0.2) is 54.6 Å². The van der Waals surface area contributed by atoms with E-state index >= 15 is 0 Å². The van der Waals surface area contributed by atoms with Crippen molar-refractivity contribution in [3.8, 4) is 11.5 Å². The minimum Gasteiger partial charge on any atom is -0.454 e. The zero-order valence-corrected chi connectivity index (χ0v) is 25.3. The van der Waals surface area contributed by atoms with E-state index in [-0.39, 0.29) is 48.4 Å². The molecule has 1 aliphatic rings. The van der Waals surface area contributed by atoms with Crippen molar-refractivity contribution in [2.24, 2.45) is 5.92 Å². The van der Waals surface area contributed by atoms with Crippen LogP contribution in [0.4, 0.5) is 18.9 Å². The SMILES string of the molecule is CN[C@H](C(=O)Nc1ccc(C)c(C2CCN(Cc3ccc(Oc4cc(F)c(F)cc4F)cc3)CC2)c1)C(C)C.Cl.Cl. The predicted molar refractivity (Wildman–Crippen MR) is 162 cm³/mol. The highest BCUT2D eigenvalue weighted by molar-refractivity contribution is 5.95. The Kier molecular flexibility index (Phi) is 13.0. The molecule has 1 saturated heterocycles. The summed E-state index contributed by atoms with van der Waals surface area (Å²) >= 11 is 0. The molecule has 1 heterocycles. The third-order valence-electron chi connectivity index (χ3n) is 7.37. The maximum atomic E-state index is 13.9. The lowest BCUT2D eigenvalue weighted by atomic mass is 9.86. The highest BCUT2D eigenvalue weighted by atomic mass is 35.5. The number of hydrogen-bond acceptors (Lipinski definition) is 4. The second-order valence-electron chi connectivity index (χ2n) is 10.6. The van der Waals surface area contributed by atoms with Crippen LogP contribution < -0.4 is 15.4 Å². The van der Waals surface area contributed by atoms with Crippen LogP contribution in [0.25, 0.3) is 0 Å². The van der Waals surface area contributed by atoms with Gasteiger partial charge in [-0.3, -0.25) is 9.69 Å². The molecule has 0 bridgehead atoms. The smallest absolute Gasteiger partial charge is 0.241 e. The molecule has 3 aromatic rings. The van der Waals surface area contributed by atoms with Gasteiger partial charge < -0.3 is 15.4 Å². The number of carbonyl (C=O) groups is 1. The summed E-state index contributed by atoms with van der Waals surface area (Å²) in [5.41, 5.74) is 4.42. The highest BCUT2D eigenvalue weighted by Crippen LogP contribution is 2.33. The second kappa shape index (κ2) is 15.4. The Morgan fingerprint density at radius 3 is 2.20 bits per heavy atom. The number of amides is 1. The number of ether oxygens (including phenoxy) is 1. The molecular weight excluding hydrogens is 574 g/mol. The first-order valence-corrected chi connectivity index (χ1v) is 13.4. The van der Waals surface area contributed by atoms with Crippen molar-refractivity contribution < 1.29 is 22.7 Å². The molecule has 0 spiro atoms. The van der Waals surface area contributed by atoms with E-state index in [2.05, 4.69) is 34.6 Å². The zero-order chi connectivity index (χ0) is 28.1. The summed E-state index contributed by atoms with van der Waals surface area (Å²) in [6, 6.07) is 14.3. The van der Waals surface area contributed by atoms with Gasteiger partial charge in [0, 0.05) is 24.4 Å². The third-order valence-corrected chi connectivity index (χ3v) is 7.37. The van der Waals surface area contributed by atoms with E-state index in [4.69, 9.17) is 4.74 Å². The van der Waals surface area contributed by atoms with Gasteiger partial charge in [-0.25, -0.2) is 13.2 Å². The summed E-state index contributed by atoms with van der Waals surface area (Å²) in [6.07, 6.45) is 2.03. The predicted octanol–water partition coefficient (Wildman–Crippen LogP) is 7.61. The lowest BCUT2D eigenvalue weighted by Crippen LogP contribution is -2.42. The van der Waals surface area contributed by atoms with Crippen LogP contribution in [0.3, 0.4) is 0 Å². The van der Waals surface area contributed by atoms with E-state index < -0.39 is 17.5 Å². The number of rotatable bonds is 9. The molecule has 1 atom stereocenters. The number of nitrogens with zero attached hydrogens (tertiary/aromatic N) is 1. The van der Waals surface area contributed by atoms with Gasteiger partial charge in [0.1, 0.15) is 5.75 Å². The van der Waals surface area contributed by atoms with Gasteiger partial charge in [0.25, 0.3) is 0 Å². The van der Waals surface area contributed by atoms with Crippen molar-refractivity contribution in [3.63, 3.8) is 0 Å². The van der Waals surface area contributed by atoms with E-state index in [9.17, 15) is 18.0 Å². The fourth-order valence-electron chi connectivity index (χ4n) is 5.18. The van der Waals surface area contributed by atoms with Gasteiger partial charge in [-0.2, -0.15) is 0 Å². The average Bonchev–Trinajstić information content (AvgIpc) is 2.90. The molecule has 2 N–H and O–H groups in total. The standard InChI is InChI=1S/C31H36F3N3O2.2ClH/c1-19(2)30(35-4)31(38)36-23-8-5-20(3)25(15-23)22-11-13-37(14-12-22)18-21-6-9-24(10-7-21)39-29-17-27(33)26(32)16-28(29)34;;/h5-10,15-17,19,22,30,35H,11-14,18H2,1-4H3,(H,36,38);2*1H/t30-;;/m0../s1. The number of halogens is 5. The topological polar surface area (TPSA) is 53.6 Å². The van der Waals surface area contributed by atoms with Crippen molar-refractivity contribution in [2.75, 3.05) is 25.5 Å². The number of piperidine rings is 1. The normalized spacial score (nSPS) is 14.6. The zero-order valence-electron chi connectivity index (χ0n) is 23.7. The van der Waals surface area contributed by atoms with Gasteiger partial charge in [0.05, 0.1) is 6.04 Å². The van der Waals surface area contributed by atoms with E-state index in [0.717, 1.165) is 43.7 Å². The maximum Gasteiger partial charge on any atom is 0.241 e. The van der Waals surface area contributed by atoms with Crippen LogP contribution in [0, 0.1) is 30.3 Å². The fourth-order valence-corrected chi connectivity index (χ4v) is 5.18. The van der Waals surface area contributed by atoms with Crippen LogP contribution in [0.2, 0.25) is 0 Å². The van der Waals surface area contributed by atoms with Crippen LogP contribution in [0.5, 0.6) is 11.5 Å². The average molecular weight is 613 g/mol. The quantitative estimate of drug-likeness (QED) is 0.244. The van der Waals surface area contributed by atoms with E-state index in [1.165, 1.54) is 11.1 Å². The maximum absolute atomic E-state index is 13.9. The molecule has 1 amide bonds. The lowest BCUT2D eigenvalue weighted by Gasteiger charge is -2.33. The van der Waals surface area contributed by atoms with Crippen molar-refractivity contribution >= 4 is 36.4 Å². The Hall–Kier alpha value is -2.78. The third kappa shape index (κ3) is 8.85. The summed E-state index contributed by atoms with van der Waals surface area (Å²) in [7, 11) is 1.80. The molecule has 3 aromatic carbocycles. The van der Waals surface area contributed by atoms with Crippen molar-refractivity contribution in [1.82, 2.24) is 10.2 Å². The molecule has 4 rings (SSSR count). The number of benzene rings is 3. The van der Waals surface area contributed by atoms with Gasteiger partial charge in [0.2, 0.25) is 5.91 Å². The first kappa shape index (κ1) is 34.4. The minimum atomic E-state index is -1.25. The summed E-state index contributed by atoms with van der Waals surface area (Å²) in [5, 5.41) is 6.16. The molecule has 0 aromatic heterocycles. The molecule has 5 nitrogen and oxygen atoms in total. The molecule has 41 heavy (non-hydrogen) atoms. The Bertz CT molecular complexity index is 1300. The molecule has 1 fully saturated rings. The molecular formula is C31H38Cl2F3N3O2. The number of anilines is 1. The van der Waals surface area contributed by atoms with Crippen molar-refractivity contribution in [1.29, 1.82) is 0 Å². The summed E-state index contributed by atoms with van der Waals surface area (Å²) in [6.45, 7) is 8.81. The van der Waals surface area contributed by atoms with Gasteiger partial charge >= 0.3 is 0 Å². The minimum absolute atomic E-state index is 0. The number of likely N-dealkylation sites (tertiary alicyclic amines) is 1. The number of likely N-dealkylation sites (N-methyl/N-ethyl adjacent to an activating group) is 1. The number of hydrogen-bond donors (Lipinski definition) is 2. The number of carbonyl (C=O) groups excluding carboxylic acids is 1. The Labute approximate surface area is 252 Å². The first-order valence-electron chi connectivity index (χ1n) is 13.4. The van der Waals surface area contributed by atoms with Crippen molar-refractivity contribution in [2.45, 2.75) is 52.1 Å². The highest BCUT2D eigenvalue weighted by Gasteiger charge is 2.24. The molecule has 1 aliphatic heterocycles. The first-order chi connectivity index (χ1) is 18.6. The monoisotopic (exact) mass is 611 g/mol. The number of nitrogens with one attached hydrogen (secondary N) is 2. The van der Waals surface area contributed by atoms with E-state index in [1.54, 1.807) is 19.2 Å². The van der Waals surface area contributed by atoms with Crippen LogP contribution in [-0.2, 0) is 11.3 Å². The molecule has 0 aliphatic carbocycles. The Morgan fingerprint density at radius 2 is 1.59 bits per heavy atom. The largest absolute Gasteiger partial charge is 0.454 e. The van der Waals surface area contributed by atoms with Crippen LogP contribution in [0.1, 0.15) is 49.3 Å². The summed E-state index contributed by atoms with van der Waals surface area (Å²) in [4.78, 5) is 15.1. The summed E-state index contributed by atoms with van der Waals surface area (Å²) < 4.78 is 45.9. The van der Waals surface area contributed by atoms with Gasteiger partial charge in [0.15, 0.2) is 23.2 Å². The van der Waals surface area contributed by atoms with Crippen molar-refractivity contribution in [3.05, 3.63) is 88.7 Å². The Balaban J connectivity index is 0.00000294. The van der Waals surface area contributed by atoms with Crippen LogP contribution >= 0.6 is 24.8 Å². The van der Waals surface area contributed by atoms with E-state index in [1.807, 2.05) is 32.0 Å². The van der Waals surface area contributed by atoms with Gasteiger partial charge in [-0.15, -0.1) is 24.8 Å². The van der Waals surface area contributed by atoms with Gasteiger partial charge in [-0.1, -0.05) is 32.0 Å². The molecule has 10 heteroatoms. The number of aryl methyl sites for hydroxylation is 1. The molecule has 0 unspecified atom stereocenters. The second-order valence-corrected chi connectivity index (χ2v) is 10.6. The molecule has 0 saturated carbocycles. The Morgan fingerprint density at radius 1 is 0.951 bits per heavy atom. The molecule has 224 valence electrons.